The number of anilines is 1. The first-order valence-electron chi connectivity index (χ1n) is 7.86. The van der Waals surface area contributed by atoms with Crippen LogP contribution in [0.2, 0.25) is 0 Å². The zero-order valence-corrected chi connectivity index (χ0v) is 13.6. The molecule has 1 aromatic heterocycles. The number of aromatic nitrogens is 1. The second kappa shape index (κ2) is 7.51. The molecule has 138 valence electrons. The summed E-state index contributed by atoms with van der Waals surface area (Å²) in [6.07, 6.45) is -5.36. The van der Waals surface area contributed by atoms with Gasteiger partial charge in [0.15, 0.2) is 5.75 Å². The van der Waals surface area contributed by atoms with Crippen molar-refractivity contribution >= 4 is 11.8 Å². The highest BCUT2D eigenvalue weighted by atomic mass is 19.4. The lowest BCUT2D eigenvalue weighted by Gasteiger charge is -2.17. The van der Waals surface area contributed by atoms with Crippen LogP contribution in [0.1, 0.15) is 11.1 Å². The second-order valence-electron chi connectivity index (χ2n) is 5.57. The van der Waals surface area contributed by atoms with Gasteiger partial charge in [-0.25, -0.2) is 4.79 Å². The summed E-state index contributed by atoms with van der Waals surface area (Å²) in [7, 11) is 0. The number of halogens is 3. The Hall–Kier alpha value is -2.97. The Labute approximate surface area is 147 Å². The number of pyridine rings is 1. The van der Waals surface area contributed by atoms with E-state index in [0.717, 1.165) is 0 Å². The van der Waals surface area contributed by atoms with E-state index in [1.54, 1.807) is 24.3 Å². The first-order chi connectivity index (χ1) is 12.4. The van der Waals surface area contributed by atoms with Crippen LogP contribution >= 0.6 is 0 Å². The van der Waals surface area contributed by atoms with Crippen molar-refractivity contribution in [3.05, 3.63) is 47.5 Å². The Morgan fingerprint density at radius 2 is 1.81 bits per heavy atom. The Morgan fingerprint density at radius 3 is 2.58 bits per heavy atom. The van der Waals surface area contributed by atoms with Gasteiger partial charge >= 0.3 is 12.2 Å². The molecule has 3 rings (SSSR count). The minimum Gasteiger partial charge on any atom is -0.484 e. The van der Waals surface area contributed by atoms with Crippen LogP contribution < -0.4 is 20.1 Å². The number of urea groups is 1. The molecule has 0 aliphatic carbocycles. The summed E-state index contributed by atoms with van der Waals surface area (Å²) < 4.78 is 48.5. The summed E-state index contributed by atoms with van der Waals surface area (Å²) in [5, 5.41) is 5.04. The van der Waals surface area contributed by atoms with Gasteiger partial charge in [0.2, 0.25) is 0 Å². The molecule has 0 spiro atoms. The number of hydrogen-bond donors (Lipinski definition) is 2. The third-order valence-corrected chi connectivity index (χ3v) is 3.60. The van der Waals surface area contributed by atoms with Crippen molar-refractivity contribution in [3.8, 4) is 11.6 Å². The third-order valence-electron chi connectivity index (χ3n) is 3.60. The largest absolute Gasteiger partial charge is 0.484 e. The number of carbonyl (C=O) groups excluding carboxylic acids is 1. The quantitative estimate of drug-likeness (QED) is 0.870. The van der Waals surface area contributed by atoms with Crippen molar-refractivity contribution in [2.24, 2.45) is 0 Å². The summed E-state index contributed by atoms with van der Waals surface area (Å²) in [5.41, 5.74) is 0.521. The van der Waals surface area contributed by atoms with Crippen LogP contribution in [0, 0.1) is 0 Å². The van der Waals surface area contributed by atoms with Crippen LogP contribution in [0.5, 0.6) is 11.6 Å². The predicted molar refractivity (Wildman–Crippen MR) is 87.3 cm³/mol. The molecule has 9 heteroatoms. The van der Waals surface area contributed by atoms with E-state index in [-0.39, 0.29) is 23.8 Å². The van der Waals surface area contributed by atoms with E-state index in [0.29, 0.717) is 24.5 Å². The van der Waals surface area contributed by atoms with Gasteiger partial charge < -0.3 is 14.8 Å². The van der Waals surface area contributed by atoms with Gasteiger partial charge in [-0.15, -0.1) is 0 Å². The molecule has 0 saturated carbocycles. The normalized spacial score (nSPS) is 13.2. The minimum atomic E-state index is -4.31. The minimum absolute atomic E-state index is 0.0390. The summed E-state index contributed by atoms with van der Waals surface area (Å²) in [6, 6.07) is 8.67. The summed E-state index contributed by atoms with van der Waals surface area (Å²) in [5.74, 6) is 1.02. The third kappa shape index (κ3) is 4.78. The molecular weight excluding hydrogens is 351 g/mol. The van der Waals surface area contributed by atoms with Gasteiger partial charge in [-0.3, -0.25) is 5.32 Å². The molecule has 0 atom stereocenters. The average molecular weight is 367 g/mol. The number of rotatable bonds is 4. The van der Waals surface area contributed by atoms with E-state index in [1.165, 1.54) is 12.1 Å². The van der Waals surface area contributed by atoms with Gasteiger partial charge in [0, 0.05) is 6.54 Å². The van der Waals surface area contributed by atoms with Crippen molar-refractivity contribution in [2.75, 3.05) is 18.5 Å². The van der Waals surface area contributed by atoms with E-state index in [9.17, 15) is 18.0 Å². The van der Waals surface area contributed by atoms with Gasteiger partial charge in [0.05, 0.1) is 6.42 Å². The molecular formula is C17H16F3N3O3. The van der Waals surface area contributed by atoms with Gasteiger partial charge in [-0.1, -0.05) is 24.3 Å². The number of ether oxygens (including phenoxy) is 2. The molecule has 6 nitrogen and oxygen atoms in total. The Kier molecular flexibility index (Phi) is 5.15. The molecule has 26 heavy (non-hydrogen) atoms. The fraction of sp³-hybridized carbons (Fsp3) is 0.294. The average Bonchev–Trinajstić information content (AvgIpc) is 2.59. The lowest BCUT2D eigenvalue weighted by molar-refractivity contribution is -0.127. The highest BCUT2D eigenvalue weighted by Crippen LogP contribution is 2.29. The first kappa shape index (κ1) is 17.8. The van der Waals surface area contributed by atoms with Gasteiger partial charge in [0.1, 0.15) is 19.0 Å². The number of alkyl halides is 3. The Morgan fingerprint density at radius 1 is 1.08 bits per heavy atom. The van der Waals surface area contributed by atoms with E-state index in [1.807, 2.05) is 0 Å². The van der Waals surface area contributed by atoms with Gasteiger partial charge in [-0.2, -0.15) is 18.2 Å². The van der Waals surface area contributed by atoms with Crippen LogP contribution in [-0.4, -0.2) is 30.4 Å². The number of carbonyl (C=O) groups is 1. The van der Waals surface area contributed by atoms with Crippen LogP contribution in [0.25, 0.3) is 0 Å². The van der Waals surface area contributed by atoms with E-state index in [4.69, 9.17) is 9.47 Å². The fourth-order valence-electron chi connectivity index (χ4n) is 2.45. The molecule has 1 aliphatic heterocycles. The predicted octanol–water partition coefficient (Wildman–Crippen LogP) is 3.28. The molecule has 2 aromatic rings. The first-order valence-corrected chi connectivity index (χ1v) is 7.86. The number of nitrogens with one attached hydrogen (secondary N) is 2. The number of hydrogen-bond acceptors (Lipinski definition) is 4. The molecule has 0 bridgehead atoms. The number of fused-ring (bicyclic) bond motifs is 1. The maximum atomic E-state index is 12.6. The van der Waals surface area contributed by atoms with Gasteiger partial charge in [-0.05, 0) is 23.3 Å². The SMILES string of the molecule is O=C(NCc1ccccc1CC(F)(F)F)Nc1ccc2c(n1)OCCO2. The number of amides is 2. The summed E-state index contributed by atoms with van der Waals surface area (Å²) in [4.78, 5) is 16.1. The lowest BCUT2D eigenvalue weighted by Crippen LogP contribution is -2.29. The van der Waals surface area contributed by atoms with Crippen LogP contribution in [-0.2, 0) is 13.0 Å². The topological polar surface area (TPSA) is 72.5 Å². The van der Waals surface area contributed by atoms with E-state index >= 15 is 0 Å². The van der Waals surface area contributed by atoms with E-state index in [2.05, 4.69) is 15.6 Å². The van der Waals surface area contributed by atoms with Crippen LogP contribution in [0.4, 0.5) is 23.8 Å². The molecule has 1 aliphatic rings. The summed E-state index contributed by atoms with van der Waals surface area (Å²) in [6.45, 7) is 0.757. The number of nitrogens with zero attached hydrogens (tertiary/aromatic N) is 1. The van der Waals surface area contributed by atoms with Crippen molar-refractivity contribution < 1.29 is 27.4 Å². The monoisotopic (exact) mass is 367 g/mol. The van der Waals surface area contributed by atoms with Crippen LogP contribution in [0.3, 0.4) is 0 Å². The maximum absolute atomic E-state index is 12.6. The van der Waals surface area contributed by atoms with Gasteiger partial charge in [0.25, 0.3) is 5.88 Å². The smallest absolute Gasteiger partial charge is 0.393 e. The molecule has 2 amide bonds. The highest BCUT2D eigenvalue weighted by Gasteiger charge is 2.28. The van der Waals surface area contributed by atoms with Crippen molar-refractivity contribution in [3.63, 3.8) is 0 Å². The zero-order valence-electron chi connectivity index (χ0n) is 13.6. The van der Waals surface area contributed by atoms with Crippen LogP contribution in [0.15, 0.2) is 36.4 Å². The van der Waals surface area contributed by atoms with Crippen molar-refractivity contribution in [2.45, 2.75) is 19.1 Å². The second-order valence-corrected chi connectivity index (χ2v) is 5.57. The molecule has 0 fully saturated rings. The standard InChI is InChI=1S/C17H16F3N3O3/c18-17(19,20)9-11-3-1-2-4-12(11)10-21-16(24)23-14-6-5-13-15(22-14)26-8-7-25-13/h1-6H,7-10H2,(H2,21,22,23,24). The highest BCUT2D eigenvalue weighted by molar-refractivity contribution is 5.88. The summed E-state index contributed by atoms with van der Waals surface area (Å²) >= 11 is 0. The Bertz CT molecular complexity index is 796. The molecule has 0 saturated heterocycles. The zero-order chi connectivity index (χ0) is 18.6. The molecule has 1 aromatic carbocycles. The molecule has 2 N–H and O–H groups in total. The fourth-order valence-corrected chi connectivity index (χ4v) is 2.45. The van der Waals surface area contributed by atoms with Crippen molar-refractivity contribution in [1.29, 1.82) is 0 Å². The molecule has 2 heterocycles. The van der Waals surface area contributed by atoms with E-state index < -0.39 is 18.6 Å². The number of benzene rings is 1. The Balaban J connectivity index is 1.60. The van der Waals surface area contributed by atoms with Crippen molar-refractivity contribution in [1.82, 2.24) is 10.3 Å². The maximum Gasteiger partial charge on any atom is 0.393 e. The lowest BCUT2D eigenvalue weighted by atomic mass is 10.0. The molecule has 0 radical (unpaired) electrons. The molecule has 0 unspecified atom stereocenters.